The Morgan fingerprint density at radius 1 is 1.37 bits per heavy atom. The van der Waals surface area contributed by atoms with Crippen LogP contribution in [0.15, 0.2) is 18.2 Å². The number of halogens is 1. The van der Waals surface area contributed by atoms with Crippen LogP contribution in [0.2, 0.25) is 0 Å². The maximum absolute atomic E-state index is 12.4. The summed E-state index contributed by atoms with van der Waals surface area (Å²) in [6.45, 7) is 7.85. The SMILES string of the molecule is CC(=S)C(C)N(C(=O)CCCl)c1c(C)cccc1C. The number of benzene rings is 1. The fourth-order valence-corrected chi connectivity index (χ4v) is 2.37. The lowest BCUT2D eigenvalue weighted by Gasteiger charge is -2.31. The Morgan fingerprint density at radius 3 is 2.32 bits per heavy atom. The van der Waals surface area contributed by atoms with Crippen molar-refractivity contribution < 1.29 is 4.79 Å². The largest absolute Gasteiger partial charge is 0.304 e. The minimum absolute atomic E-state index is 0.0177. The summed E-state index contributed by atoms with van der Waals surface area (Å²) >= 11 is 11.0. The van der Waals surface area contributed by atoms with Gasteiger partial charge in [0.2, 0.25) is 5.91 Å². The van der Waals surface area contributed by atoms with E-state index in [0.717, 1.165) is 21.7 Å². The number of anilines is 1. The number of carbonyl (C=O) groups excluding carboxylic acids is 1. The second-order valence-electron chi connectivity index (χ2n) is 4.73. The molecule has 1 atom stereocenters. The molecule has 0 saturated carbocycles. The normalized spacial score (nSPS) is 12.1. The number of thiocarbonyl (C=S) groups is 1. The Kier molecular flexibility index (Phi) is 5.95. The van der Waals surface area contributed by atoms with Gasteiger partial charge in [-0.15, -0.1) is 11.6 Å². The predicted molar refractivity (Wildman–Crippen MR) is 86.5 cm³/mol. The summed E-state index contributed by atoms with van der Waals surface area (Å²) in [5, 5.41) is 0. The van der Waals surface area contributed by atoms with Crippen LogP contribution in [-0.4, -0.2) is 22.7 Å². The molecule has 0 spiro atoms. The van der Waals surface area contributed by atoms with Gasteiger partial charge in [0.05, 0.1) is 11.7 Å². The molecule has 0 N–H and O–H groups in total. The van der Waals surface area contributed by atoms with E-state index in [4.69, 9.17) is 23.8 Å². The molecule has 19 heavy (non-hydrogen) atoms. The molecule has 0 aliphatic rings. The molecule has 4 heteroatoms. The molecule has 0 radical (unpaired) electrons. The summed E-state index contributed by atoms with van der Waals surface area (Å²) in [6, 6.07) is 5.90. The summed E-state index contributed by atoms with van der Waals surface area (Å²) in [5.41, 5.74) is 3.10. The topological polar surface area (TPSA) is 20.3 Å². The number of nitrogens with zero attached hydrogens (tertiary/aromatic N) is 1. The van der Waals surface area contributed by atoms with Crippen LogP contribution < -0.4 is 4.90 Å². The van der Waals surface area contributed by atoms with Crippen molar-refractivity contribution in [3.05, 3.63) is 29.3 Å². The van der Waals surface area contributed by atoms with Crippen LogP contribution in [0.1, 0.15) is 31.4 Å². The first-order chi connectivity index (χ1) is 8.90. The first-order valence-electron chi connectivity index (χ1n) is 6.34. The molecule has 0 heterocycles. The molecule has 0 aliphatic heterocycles. The fraction of sp³-hybridized carbons (Fsp3) is 0.467. The average molecular weight is 298 g/mol. The number of alkyl halides is 1. The van der Waals surface area contributed by atoms with Gasteiger partial charge in [-0.25, -0.2) is 0 Å². The third-order valence-electron chi connectivity index (χ3n) is 3.23. The second kappa shape index (κ2) is 7.01. The van der Waals surface area contributed by atoms with Crippen molar-refractivity contribution in [1.29, 1.82) is 0 Å². The van der Waals surface area contributed by atoms with E-state index in [1.54, 1.807) is 4.90 Å². The van der Waals surface area contributed by atoms with Crippen LogP contribution in [0, 0.1) is 13.8 Å². The molecule has 1 amide bonds. The van der Waals surface area contributed by atoms with Crippen LogP contribution in [0.3, 0.4) is 0 Å². The predicted octanol–water partition coefficient (Wildman–Crippen LogP) is 4.04. The summed E-state index contributed by atoms with van der Waals surface area (Å²) in [4.78, 5) is 15.0. The van der Waals surface area contributed by atoms with E-state index < -0.39 is 0 Å². The van der Waals surface area contributed by atoms with E-state index in [0.29, 0.717) is 12.3 Å². The Hall–Kier alpha value is -0.930. The zero-order valence-corrected chi connectivity index (χ0v) is 13.4. The number of carbonyl (C=O) groups is 1. The van der Waals surface area contributed by atoms with Gasteiger partial charge in [-0.05, 0) is 38.8 Å². The molecular weight excluding hydrogens is 278 g/mol. The Labute approximate surface area is 125 Å². The van der Waals surface area contributed by atoms with Gasteiger partial charge in [0.15, 0.2) is 0 Å². The van der Waals surface area contributed by atoms with E-state index in [1.807, 2.05) is 45.9 Å². The highest BCUT2D eigenvalue weighted by Gasteiger charge is 2.25. The molecule has 104 valence electrons. The van der Waals surface area contributed by atoms with Crippen molar-refractivity contribution in [2.24, 2.45) is 0 Å². The molecule has 1 rings (SSSR count). The Morgan fingerprint density at radius 2 is 1.89 bits per heavy atom. The van der Waals surface area contributed by atoms with Gasteiger partial charge < -0.3 is 4.90 Å². The van der Waals surface area contributed by atoms with Gasteiger partial charge in [-0.2, -0.15) is 0 Å². The lowest BCUT2D eigenvalue weighted by molar-refractivity contribution is -0.118. The standard InChI is InChI=1S/C15H20ClNOS/c1-10-6-5-7-11(2)15(10)17(12(3)13(4)19)14(18)8-9-16/h5-7,12H,8-9H2,1-4H3. The first-order valence-corrected chi connectivity index (χ1v) is 7.29. The molecule has 0 bridgehead atoms. The summed E-state index contributed by atoms with van der Waals surface area (Å²) in [6.07, 6.45) is 0.322. The van der Waals surface area contributed by atoms with E-state index >= 15 is 0 Å². The number of hydrogen-bond donors (Lipinski definition) is 0. The molecule has 1 aromatic rings. The monoisotopic (exact) mass is 297 g/mol. The molecule has 0 fully saturated rings. The fourth-order valence-electron chi connectivity index (χ4n) is 2.10. The van der Waals surface area contributed by atoms with Crippen LogP contribution >= 0.6 is 23.8 Å². The Bertz CT molecular complexity index is 467. The van der Waals surface area contributed by atoms with Gasteiger partial charge in [0, 0.05) is 17.2 Å². The van der Waals surface area contributed by atoms with Crippen molar-refractivity contribution >= 4 is 40.3 Å². The lowest BCUT2D eigenvalue weighted by Crippen LogP contribution is -2.43. The number of aryl methyl sites for hydroxylation is 2. The minimum atomic E-state index is -0.106. The number of rotatable bonds is 5. The highest BCUT2D eigenvalue weighted by atomic mass is 35.5. The number of para-hydroxylation sites is 1. The minimum Gasteiger partial charge on any atom is -0.304 e. The molecule has 2 nitrogen and oxygen atoms in total. The third kappa shape index (κ3) is 3.77. The average Bonchev–Trinajstić information content (AvgIpc) is 2.33. The summed E-state index contributed by atoms with van der Waals surface area (Å²) in [5.74, 6) is 0.341. The van der Waals surface area contributed by atoms with E-state index in [-0.39, 0.29) is 11.9 Å². The van der Waals surface area contributed by atoms with Gasteiger partial charge in [-0.1, -0.05) is 30.4 Å². The van der Waals surface area contributed by atoms with Gasteiger partial charge in [0.1, 0.15) is 0 Å². The molecule has 1 aromatic carbocycles. The van der Waals surface area contributed by atoms with Crippen molar-refractivity contribution in [3.63, 3.8) is 0 Å². The van der Waals surface area contributed by atoms with Gasteiger partial charge >= 0.3 is 0 Å². The van der Waals surface area contributed by atoms with Gasteiger partial charge in [-0.3, -0.25) is 4.79 Å². The highest BCUT2D eigenvalue weighted by Crippen LogP contribution is 2.27. The third-order valence-corrected chi connectivity index (χ3v) is 3.76. The van der Waals surface area contributed by atoms with Crippen molar-refractivity contribution in [3.8, 4) is 0 Å². The van der Waals surface area contributed by atoms with E-state index in [9.17, 15) is 4.79 Å². The zero-order chi connectivity index (χ0) is 14.6. The van der Waals surface area contributed by atoms with E-state index in [2.05, 4.69) is 0 Å². The van der Waals surface area contributed by atoms with Crippen LogP contribution in [0.25, 0.3) is 0 Å². The maximum Gasteiger partial charge on any atom is 0.228 e. The number of amides is 1. The number of hydrogen-bond acceptors (Lipinski definition) is 2. The second-order valence-corrected chi connectivity index (χ2v) is 5.75. The Balaban J connectivity index is 3.31. The first kappa shape index (κ1) is 16.1. The lowest BCUT2D eigenvalue weighted by atomic mass is 10.0. The molecule has 1 unspecified atom stereocenters. The van der Waals surface area contributed by atoms with Crippen LogP contribution in [-0.2, 0) is 4.79 Å². The summed E-state index contributed by atoms with van der Waals surface area (Å²) < 4.78 is 0. The molecule has 0 aromatic heterocycles. The smallest absolute Gasteiger partial charge is 0.228 e. The van der Waals surface area contributed by atoms with Gasteiger partial charge in [0.25, 0.3) is 0 Å². The highest BCUT2D eigenvalue weighted by molar-refractivity contribution is 7.80. The van der Waals surface area contributed by atoms with Crippen molar-refractivity contribution in [2.75, 3.05) is 10.8 Å². The zero-order valence-electron chi connectivity index (χ0n) is 11.9. The molecular formula is C15H20ClNOS. The molecule has 0 aliphatic carbocycles. The van der Waals surface area contributed by atoms with Crippen LogP contribution in [0.4, 0.5) is 5.69 Å². The van der Waals surface area contributed by atoms with E-state index in [1.165, 1.54) is 0 Å². The van der Waals surface area contributed by atoms with Crippen molar-refractivity contribution in [1.82, 2.24) is 0 Å². The van der Waals surface area contributed by atoms with Crippen molar-refractivity contribution in [2.45, 2.75) is 40.2 Å². The molecule has 0 saturated heterocycles. The van der Waals surface area contributed by atoms with Crippen LogP contribution in [0.5, 0.6) is 0 Å². The quantitative estimate of drug-likeness (QED) is 0.604. The summed E-state index contributed by atoms with van der Waals surface area (Å²) in [7, 11) is 0. The maximum atomic E-state index is 12.4.